The van der Waals surface area contributed by atoms with Crippen molar-refractivity contribution < 1.29 is 19.2 Å². The first-order chi connectivity index (χ1) is 8.24. The lowest BCUT2D eigenvalue weighted by Gasteiger charge is -2.16. The molecule has 3 aliphatic heterocycles. The highest BCUT2D eigenvalue weighted by molar-refractivity contribution is 6.05. The lowest BCUT2D eigenvalue weighted by molar-refractivity contribution is -0.192. The van der Waals surface area contributed by atoms with Crippen LogP contribution in [0.15, 0.2) is 12.2 Å². The van der Waals surface area contributed by atoms with Crippen LogP contribution in [0.1, 0.15) is 19.8 Å². The van der Waals surface area contributed by atoms with E-state index in [0.717, 1.165) is 17.9 Å². The van der Waals surface area contributed by atoms with Gasteiger partial charge in [-0.15, -0.1) is 0 Å². The van der Waals surface area contributed by atoms with Gasteiger partial charge in [0, 0.05) is 0 Å². The molecule has 3 rings (SSSR count). The van der Waals surface area contributed by atoms with Crippen molar-refractivity contribution in [1.29, 1.82) is 0 Å². The van der Waals surface area contributed by atoms with Gasteiger partial charge in [0.1, 0.15) is 0 Å². The highest BCUT2D eigenvalue weighted by Crippen LogP contribution is 2.45. The summed E-state index contributed by atoms with van der Waals surface area (Å²) < 4.78 is 5.52. The fourth-order valence-electron chi connectivity index (χ4n) is 2.70. The zero-order valence-corrected chi connectivity index (χ0v) is 9.67. The predicted molar refractivity (Wildman–Crippen MR) is 57.5 cm³/mol. The van der Waals surface area contributed by atoms with E-state index in [0.29, 0.717) is 6.61 Å². The molecule has 5 heteroatoms. The number of hydrogen-bond acceptors (Lipinski definition) is 4. The van der Waals surface area contributed by atoms with E-state index in [1.807, 2.05) is 19.1 Å². The fourth-order valence-corrected chi connectivity index (χ4v) is 2.70. The summed E-state index contributed by atoms with van der Waals surface area (Å²) >= 11 is 0. The van der Waals surface area contributed by atoms with E-state index >= 15 is 0 Å². The van der Waals surface area contributed by atoms with Crippen molar-refractivity contribution in [2.75, 3.05) is 6.61 Å². The highest BCUT2D eigenvalue weighted by atomic mass is 16.7. The van der Waals surface area contributed by atoms with Crippen molar-refractivity contribution in [2.24, 2.45) is 11.8 Å². The van der Waals surface area contributed by atoms with Crippen molar-refractivity contribution >= 4 is 11.8 Å². The van der Waals surface area contributed by atoms with E-state index in [1.165, 1.54) is 0 Å². The Morgan fingerprint density at radius 2 is 1.82 bits per heavy atom. The first-order valence-corrected chi connectivity index (χ1v) is 6.08. The number of fused-ring (bicyclic) bond motifs is 5. The summed E-state index contributed by atoms with van der Waals surface area (Å²) in [5.74, 6) is -1.21. The van der Waals surface area contributed by atoms with Crippen LogP contribution >= 0.6 is 0 Å². The van der Waals surface area contributed by atoms with Crippen LogP contribution in [-0.4, -0.2) is 35.7 Å². The van der Waals surface area contributed by atoms with E-state index in [1.54, 1.807) is 0 Å². The summed E-state index contributed by atoms with van der Waals surface area (Å²) in [4.78, 5) is 29.4. The fraction of sp³-hybridized carbons (Fsp3) is 0.667. The molecule has 0 spiro atoms. The van der Waals surface area contributed by atoms with Crippen molar-refractivity contribution in [2.45, 2.75) is 32.0 Å². The zero-order chi connectivity index (χ0) is 12.0. The van der Waals surface area contributed by atoms with Gasteiger partial charge >= 0.3 is 0 Å². The molecule has 0 aliphatic carbocycles. The zero-order valence-electron chi connectivity index (χ0n) is 9.67. The molecule has 0 radical (unpaired) electrons. The minimum atomic E-state index is -0.362. The second kappa shape index (κ2) is 3.92. The molecule has 92 valence electrons. The molecule has 0 saturated carbocycles. The molecule has 0 unspecified atom stereocenters. The second-order valence-electron chi connectivity index (χ2n) is 4.66. The third kappa shape index (κ3) is 1.46. The molecule has 3 aliphatic rings. The maximum Gasteiger partial charge on any atom is 0.260 e. The molecule has 0 aromatic heterocycles. The van der Waals surface area contributed by atoms with Crippen LogP contribution in [0.3, 0.4) is 0 Å². The summed E-state index contributed by atoms with van der Waals surface area (Å²) in [5, 5.41) is 0.959. The molecule has 2 bridgehead atoms. The first kappa shape index (κ1) is 10.9. The van der Waals surface area contributed by atoms with Crippen LogP contribution in [0.25, 0.3) is 0 Å². The lowest BCUT2D eigenvalue weighted by Crippen LogP contribution is -2.34. The number of hydrogen-bond donors (Lipinski definition) is 0. The maximum atomic E-state index is 12.0. The Hall–Kier alpha value is -1.20. The number of nitrogens with zero attached hydrogens (tertiary/aromatic N) is 1. The van der Waals surface area contributed by atoms with Crippen molar-refractivity contribution in [1.82, 2.24) is 5.06 Å². The topological polar surface area (TPSA) is 55.8 Å². The number of rotatable bonds is 4. The average molecular weight is 237 g/mol. The minimum Gasteiger partial charge on any atom is -0.365 e. The molecular weight excluding hydrogens is 222 g/mol. The van der Waals surface area contributed by atoms with Gasteiger partial charge in [-0.05, 0) is 6.42 Å². The summed E-state index contributed by atoms with van der Waals surface area (Å²) in [6.45, 7) is 2.45. The van der Waals surface area contributed by atoms with Gasteiger partial charge in [0.05, 0.1) is 30.7 Å². The van der Waals surface area contributed by atoms with Gasteiger partial charge < -0.3 is 4.74 Å². The molecule has 5 nitrogen and oxygen atoms in total. The molecule has 3 heterocycles. The van der Waals surface area contributed by atoms with Gasteiger partial charge in [-0.2, -0.15) is 5.06 Å². The van der Waals surface area contributed by atoms with E-state index in [9.17, 15) is 9.59 Å². The number of unbranched alkanes of at least 4 members (excludes halogenated alkanes) is 1. The second-order valence-corrected chi connectivity index (χ2v) is 4.66. The molecule has 2 fully saturated rings. The average Bonchev–Trinajstić information content (AvgIpc) is 2.97. The standard InChI is InChI=1S/C12H15NO4/c1-2-3-6-16-13-11(14)9-7-4-5-8(17-7)10(9)12(13)15/h4-5,7-10H,2-3,6H2,1H3/t7-,8-,9-,10-/m1/s1. The Labute approximate surface area is 99.3 Å². The third-order valence-electron chi connectivity index (χ3n) is 3.59. The Balaban J connectivity index is 1.74. The van der Waals surface area contributed by atoms with Crippen molar-refractivity contribution in [3.8, 4) is 0 Å². The first-order valence-electron chi connectivity index (χ1n) is 6.08. The largest absolute Gasteiger partial charge is 0.365 e. The number of carbonyl (C=O) groups is 2. The van der Waals surface area contributed by atoms with Crippen LogP contribution in [0.2, 0.25) is 0 Å². The monoisotopic (exact) mass is 237 g/mol. The summed E-state index contributed by atoms with van der Waals surface area (Å²) in [5.41, 5.74) is 0. The van der Waals surface area contributed by atoms with Crippen molar-refractivity contribution in [3.63, 3.8) is 0 Å². The van der Waals surface area contributed by atoms with Crippen LogP contribution in [-0.2, 0) is 19.2 Å². The third-order valence-corrected chi connectivity index (χ3v) is 3.59. The Morgan fingerprint density at radius 1 is 1.24 bits per heavy atom. The van der Waals surface area contributed by atoms with Crippen LogP contribution in [0.5, 0.6) is 0 Å². The van der Waals surface area contributed by atoms with Gasteiger partial charge in [-0.25, -0.2) is 0 Å². The number of ether oxygens (including phenoxy) is 1. The quantitative estimate of drug-likeness (QED) is 0.409. The van der Waals surface area contributed by atoms with Crippen LogP contribution in [0.4, 0.5) is 0 Å². The SMILES string of the molecule is CCCCON1C(=O)[C@H]2[C@H](C1=O)[C@H]1C=C[C@H]2O1. The highest BCUT2D eigenvalue weighted by Gasteiger charge is 2.61. The molecule has 2 saturated heterocycles. The molecule has 4 atom stereocenters. The van der Waals surface area contributed by atoms with Gasteiger partial charge in [-0.1, -0.05) is 25.5 Å². The Bertz CT molecular complexity index is 362. The van der Waals surface area contributed by atoms with Gasteiger partial charge in [0.2, 0.25) is 0 Å². The van der Waals surface area contributed by atoms with Crippen LogP contribution in [0, 0.1) is 11.8 Å². The molecule has 2 amide bonds. The number of imide groups is 1. The summed E-state index contributed by atoms with van der Waals surface area (Å²) in [7, 11) is 0. The molecule has 0 N–H and O–H groups in total. The van der Waals surface area contributed by atoms with E-state index in [-0.39, 0.29) is 35.9 Å². The molecule has 0 aromatic rings. The van der Waals surface area contributed by atoms with Gasteiger partial charge in [0.25, 0.3) is 11.8 Å². The van der Waals surface area contributed by atoms with E-state index in [4.69, 9.17) is 9.57 Å². The van der Waals surface area contributed by atoms with Crippen molar-refractivity contribution in [3.05, 3.63) is 12.2 Å². The Morgan fingerprint density at radius 3 is 2.35 bits per heavy atom. The molecule has 17 heavy (non-hydrogen) atoms. The minimum absolute atomic E-state index is 0.235. The summed E-state index contributed by atoms with van der Waals surface area (Å²) in [6, 6.07) is 0. The number of hydroxylamine groups is 2. The Kier molecular flexibility index (Phi) is 2.52. The van der Waals surface area contributed by atoms with Gasteiger partial charge in [-0.3, -0.25) is 14.4 Å². The van der Waals surface area contributed by atoms with Crippen LogP contribution < -0.4 is 0 Å². The number of amides is 2. The molecule has 0 aromatic carbocycles. The smallest absolute Gasteiger partial charge is 0.260 e. The van der Waals surface area contributed by atoms with Gasteiger partial charge in [0.15, 0.2) is 0 Å². The normalized spacial score (nSPS) is 38.3. The number of carbonyl (C=O) groups excluding carboxylic acids is 2. The van der Waals surface area contributed by atoms with E-state index < -0.39 is 0 Å². The predicted octanol–water partition coefficient (Wildman–Crippen LogP) is 0.656. The lowest BCUT2D eigenvalue weighted by atomic mass is 9.85. The maximum absolute atomic E-state index is 12.0. The summed E-state index contributed by atoms with van der Waals surface area (Å²) in [6.07, 6.45) is 5.08. The van der Waals surface area contributed by atoms with E-state index in [2.05, 4.69) is 0 Å². The molecular formula is C12H15NO4.